The highest BCUT2D eigenvalue weighted by molar-refractivity contribution is 5.83. The van der Waals surface area contributed by atoms with E-state index >= 15 is 0 Å². The highest BCUT2D eigenvalue weighted by Gasteiger charge is 2.54. The first-order valence-electron chi connectivity index (χ1n) is 8.90. The molecule has 2 amide bonds. The van der Waals surface area contributed by atoms with E-state index in [9.17, 15) is 9.59 Å². The normalized spacial score (nSPS) is 35.7. The minimum absolute atomic E-state index is 0.0413. The summed E-state index contributed by atoms with van der Waals surface area (Å²) in [5.41, 5.74) is -0.243. The smallest absolute Gasteiger partial charge is 0.239 e. The quantitative estimate of drug-likeness (QED) is 0.797. The predicted molar refractivity (Wildman–Crippen MR) is 84.7 cm³/mol. The molecular weight excluding hydrogens is 294 g/mol. The Morgan fingerprint density at radius 1 is 1.26 bits per heavy atom. The minimum Gasteiger partial charge on any atom is -0.368 e. The summed E-state index contributed by atoms with van der Waals surface area (Å²) in [5.74, 6) is 1.88. The number of likely N-dealkylation sites (tertiary alicyclic amines) is 1. The number of carbonyl (C=O) groups excluding carboxylic acids is 2. The van der Waals surface area contributed by atoms with Gasteiger partial charge in [0.25, 0.3) is 0 Å². The Balaban J connectivity index is 1.37. The van der Waals surface area contributed by atoms with Crippen molar-refractivity contribution in [3.63, 3.8) is 0 Å². The molecule has 1 N–H and O–H groups in total. The standard InChI is InChI=1S/C17H27N3O3/c1-11-5-13(11)16(22)20-9-17(10-20)8-19(6-12-3-4-12)14(7-23-17)15(21)18-2/h11-14H,3-10H2,1-2H3,(H,18,21). The molecule has 2 aliphatic carbocycles. The van der Waals surface area contributed by atoms with Gasteiger partial charge in [-0.3, -0.25) is 14.5 Å². The van der Waals surface area contributed by atoms with Crippen LogP contribution in [0.2, 0.25) is 0 Å². The van der Waals surface area contributed by atoms with Crippen LogP contribution < -0.4 is 5.32 Å². The van der Waals surface area contributed by atoms with Crippen LogP contribution in [0.5, 0.6) is 0 Å². The predicted octanol–water partition coefficient (Wildman–Crippen LogP) is 0.0802. The van der Waals surface area contributed by atoms with Crippen LogP contribution in [-0.4, -0.2) is 73.1 Å². The monoisotopic (exact) mass is 321 g/mol. The van der Waals surface area contributed by atoms with Crippen molar-refractivity contribution in [3.8, 4) is 0 Å². The van der Waals surface area contributed by atoms with E-state index in [4.69, 9.17) is 4.74 Å². The fourth-order valence-electron chi connectivity index (χ4n) is 4.02. The third-order valence-corrected chi connectivity index (χ3v) is 5.91. The lowest BCUT2D eigenvalue weighted by Gasteiger charge is -2.55. The van der Waals surface area contributed by atoms with E-state index in [1.807, 2.05) is 4.90 Å². The molecule has 1 spiro atoms. The topological polar surface area (TPSA) is 61.9 Å². The van der Waals surface area contributed by atoms with Crippen LogP contribution in [0.25, 0.3) is 0 Å². The van der Waals surface area contributed by atoms with Crippen molar-refractivity contribution in [2.45, 2.75) is 37.8 Å². The molecule has 23 heavy (non-hydrogen) atoms. The lowest BCUT2D eigenvalue weighted by molar-refractivity contribution is -0.205. The molecule has 0 aromatic carbocycles. The van der Waals surface area contributed by atoms with Crippen LogP contribution >= 0.6 is 0 Å². The number of likely N-dealkylation sites (N-methyl/N-ethyl adjacent to an activating group) is 1. The second-order valence-electron chi connectivity index (χ2n) is 8.01. The largest absolute Gasteiger partial charge is 0.368 e. The Morgan fingerprint density at radius 3 is 2.52 bits per heavy atom. The summed E-state index contributed by atoms with van der Waals surface area (Å²) in [5, 5.41) is 2.75. The molecule has 3 atom stereocenters. The van der Waals surface area contributed by atoms with Crippen LogP contribution in [0.3, 0.4) is 0 Å². The van der Waals surface area contributed by atoms with Crippen molar-refractivity contribution in [1.82, 2.24) is 15.1 Å². The summed E-state index contributed by atoms with van der Waals surface area (Å²) < 4.78 is 6.08. The number of amides is 2. The number of rotatable bonds is 4. The number of ether oxygens (including phenoxy) is 1. The molecule has 4 fully saturated rings. The van der Waals surface area contributed by atoms with Gasteiger partial charge in [-0.25, -0.2) is 0 Å². The minimum atomic E-state index is -0.243. The molecule has 2 saturated carbocycles. The Kier molecular flexibility index (Phi) is 3.65. The van der Waals surface area contributed by atoms with Gasteiger partial charge in [-0.15, -0.1) is 0 Å². The van der Waals surface area contributed by atoms with Gasteiger partial charge in [0.1, 0.15) is 11.6 Å². The molecule has 0 bridgehead atoms. The SMILES string of the molecule is CNC(=O)C1COC2(CN(C(=O)C3CC3C)C2)CN1CC1CC1. The van der Waals surface area contributed by atoms with Gasteiger partial charge in [0, 0.05) is 26.1 Å². The highest BCUT2D eigenvalue weighted by Crippen LogP contribution is 2.42. The maximum atomic E-state index is 12.3. The van der Waals surface area contributed by atoms with E-state index in [-0.39, 0.29) is 23.5 Å². The number of carbonyl (C=O) groups is 2. The van der Waals surface area contributed by atoms with Gasteiger partial charge in [0.2, 0.25) is 11.8 Å². The second-order valence-corrected chi connectivity index (χ2v) is 8.01. The number of hydrogen-bond acceptors (Lipinski definition) is 4. The van der Waals surface area contributed by atoms with Crippen LogP contribution in [0, 0.1) is 17.8 Å². The maximum absolute atomic E-state index is 12.3. The zero-order chi connectivity index (χ0) is 16.2. The van der Waals surface area contributed by atoms with Gasteiger partial charge in [0.15, 0.2) is 0 Å². The fourth-order valence-corrected chi connectivity index (χ4v) is 4.02. The van der Waals surface area contributed by atoms with Gasteiger partial charge >= 0.3 is 0 Å². The van der Waals surface area contributed by atoms with Crippen molar-refractivity contribution < 1.29 is 14.3 Å². The third kappa shape index (κ3) is 2.87. The third-order valence-electron chi connectivity index (χ3n) is 5.91. The lowest BCUT2D eigenvalue weighted by Crippen LogP contribution is -2.74. The molecule has 3 unspecified atom stereocenters. The Hall–Kier alpha value is -1.14. The molecule has 4 rings (SSSR count). The Labute approximate surface area is 137 Å². The Bertz CT molecular complexity index is 513. The van der Waals surface area contributed by atoms with Crippen LogP contribution in [0.1, 0.15) is 26.2 Å². The van der Waals surface area contributed by atoms with E-state index in [0.29, 0.717) is 31.5 Å². The van der Waals surface area contributed by atoms with Gasteiger partial charge in [-0.1, -0.05) is 6.92 Å². The molecule has 4 aliphatic rings. The first kappa shape index (κ1) is 15.4. The number of nitrogens with one attached hydrogen (secondary N) is 1. The molecule has 2 saturated heterocycles. The van der Waals surface area contributed by atoms with Gasteiger partial charge < -0.3 is 15.0 Å². The summed E-state index contributed by atoms with van der Waals surface area (Å²) in [6, 6.07) is -0.181. The van der Waals surface area contributed by atoms with Gasteiger partial charge in [-0.05, 0) is 31.1 Å². The van der Waals surface area contributed by atoms with Crippen molar-refractivity contribution >= 4 is 11.8 Å². The second kappa shape index (κ2) is 5.45. The molecular formula is C17H27N3O3. The molecule has 0 aromatic heterocycles. The van der Waals surface area contributed by atoms with E-state index < -0.39 is 0 Å². The lowest BCUT2D eigenvalue weighted by atomic mass is 9.89. The van der Waals surface area contributed by atoms with E-state index in [1.54, 1.807) is 7.05 Å². The zero-order valence-corrected chi connectivity index (χ0v) is 14.1. The molecule has 128 valence electrons. The van der Waals surface area contributed by atoms with Crippen LogP contribution in [-0.2, 0) is 14.3 Å². The van der Waals surface area contributed by atoms with Crippen molar-refractivity contribution in [3.05, 3.63) is 0 Å². The molecule has 2 heterocycles. The van der Waals surface area contributed by atoms with Crippen LogP contribution in [0.15, 0.2) is 0 Å². The van der Waals surface area contributed by atoms with Crippen molar-refractivity contribution in [2.24, 2.45) is 17.8 Å². The highest BCUT2D eigenvalue weighted by atomic mass is 16.5. The van der Waals surface area contributed by atoms with E-state index in [0.717, 1.165) is 25.4 Å². The average molecular weight is 321 g/mol. The fraction of sp³-hybridized carbons (Fsp3) is 0.882. The van der Waals surface area contributed by atoms with Crippen LogP contribution in [0.4, 0.5) is 0 Å². The molecule has 6 heteroatoms. The van der Waals surface area contributed by atoms with Gasteiger partial charge in [-0.2, -0.15) is 0 Å². The summed E-state index contributed by atoms with van der Waals surface area (Å²) in [4.78, 5) is 28.7. The van der Waals surface area contributed by atoms with Gasteiger partial charge in [0.05, 0.1) is 19.7 Å². The zero-order valence-electron chi connectivity index (χ0n) is 14.1. The molecule has 6 nitrogen and oxygen atoms in total. The van der Waals surface area contributed by atoms with Crippen molar-refractivity contribution in [1.29, 1.82) is 0 Å². The summed E-state index contributed by atoms with van der Waals surface area (Å²) >= 11 is 0. The van der Waals surface area contributed by atoms with E-state index in [2.05, 4.69) is 17.1 Å². The average Bonchev–Trinajstić information content (AvgIpc) is 3.42. The summed E-state index contributed by atoms with van der Waals surface area (Å²) in [7, 11) is 1.68. The summed E-state index contributed by atoms with van der Waals surface area (Å²) in [6.07, 6.45) is 3.58. The first-order chi connectivity index (χ1) is 11.0. The first-order valence-corrected chi connectivity index (χ1v) is 8.90. The molecule has 2 aliphatic heterocycles. The maximum Gasteiger partial charge on any atom is 0.239 e. The Morgan fingerprint density at radius 2 is 1.96 bits per heavy atom. The number of hydrogen-bond donors (Lipinski definition) is 1. The number of morpholine rings is 1. The van der Waals surface area contributed by atoms with Crippen molar-refractivity contribution in [2.75, 3.05) is 39.8 Å². The molecule has 0 radical (unpaired) electrons. The van der Waals surface area contributed by atoms with E-state index in [1.165, 1.54) is 12.8 Å². The molecule has 0 aromatic rings. The number of nitrogens with zero attached hydrogens (tertiary/aromatic N) is 2. The summed E-state index contributed by atoms with van der Waals surface area (Å²) in [6.45, 7) is 5.71.